The summed E-state index contributed by atoms with van der Waals surface area (Å²) in [5.74, 6) is -0.466. The Labute approximate surface area is 197 Å². The molecule has 35 heavy (non-hydrogen) atoms. The van der Waals surface area contributed by atoms with Gasteiger partial charge in [-0.05, 0) is 35.4 Å². The highest BCUT2D eigenvalue weighted by molar-refractivity contribution is 6.03. The molecule has 3 aromatic rings. The Kier molecular flexibility index (Phi) is 5.21. The molecule has 0 fully saturated rings. The maximum atomic E-state index is 12.0. The number of non-ortho nitro benzene ring substituents is 1. The van der Waals surface area contributed by atoms with Crippen LogP contribution in [0.2, 0.25) is 0 Å². The van der Waals surface area contributed by atoms with Crippen LogP contribution in [0, 0.1) is 10.1 Å². The summed E-state index contributed by atoms with van der Waals surface area (Å²) in [6, 6.07) is 18.1. The third kappa shape index (κ3) is 4.06. The van der Waals surface area contributed by atoms with Crippen molar-refractivity contribution in [2.24, 2.45) is 0 Å². The first-order chi connectivity index (χ1) is 16.8. The maximum Gasteiger partial charge on any atom is 0.269 e. The molecule has 3 N–H and O–H groups in total. The summed E-state index contributed by atoms with van der Waals surface area (Å²) < 4.78 is 11.5. The minimum Gasteiger partial charge on any atom is -0.504 e. The van der Waals surface area contributed by atoms with Crippen LogP contribution in [-0.4, -0.2) is 20.2 Å². The van der Waals surface area contributed by atoms with Gasteiger partial charge >= 0.3 is 0 Å². The molecule has 0 aromatic heterocycles. The Hall–Kier alpha value is -5.05. The van der Waals surface area contributed by atoms with Gasteiger partial charge in [0.15, 0.2) is 17.2 Å². The third-order valence-electron chi connectivity index (χ3n) is 5.57. The number of hydrogen-bond donors (Lipinski definition) is 3. The lowest BCUT2D eigenvalue weighted by Crippen LogP contribution is -2.01. The normalized spacial score (nSPS) is 11.1. The van der Waals surface area contributed by atoms with Gasteiger partial charge in [-0.2, -0.15) is 0 Å². The Morgan fingerprint density at radius 1 is 0.886 bits per heavy atom. The molecule has 0 atom stereocenters. The summed E-state index contributed by atoms with van der Waals surface area (Å²) in [5.41, 5.74) is 1.92. The summed E-state index contributed by atoms with van der Waals surface area (Å²) in [6.07, 6.45) is 0. The van der Waals surface area contributed by atoms with Gasteiger partial charge in [-0.25, -0.2) is 0 Å². The first-order valence-electron chi connectivity index (χ1n) is 10.4. The molecule has 1 heterocycles. The van der Waals surface area contributed by atoms with E-state index in [1.165, 1.54) is 30.3 Å². The molecule has 0 saturated carbocycles. The fourth-order valence-corrected chi connectivity index (χ4v) is 3.89. The lowest BCUT2D eigenvalue weighted by molar-refractivity contribution is -0.384. The van der Waals surface area contributed by atoms with Crippen molar-refractivity contribution in [3.63, 3.8) is 0 Å². The molecule has 9 heteroatoms. The van der Waals surface area contributed by atoms with E-state index in [0.717, 1.165) is 6.07 Å². The number of nitro benzene ring substituents is 1. The molecule has 5 rings (SSSR count). The zero-order chi connectivity index (χ0) is 24.7. The van der Waals surface area contributed by atoms with Crippen LogP contribution in [0.15, 0.2) is 82.0 Å². The Morgan fingerprint density at radius 2 is 1.63 bits per heavy atom. The van der Waals surface area contributed by atoms with Crippen molar-refractivity contribution in [2.75, 3.05) is 0 Å². The van der Waals surface area contributed by atoms with E-state index in [4.69, 9.17) is 9.15 Å². The predicted octanol–water partition coefficient (Wildman–Crippen LogP) is 5.17. The van der Waals surface area contributed by atoms with Crippen LogP contribution < -0.4 is 10.2 Å². The lowest BCUT2D eigenvalue weighted by atomic mass is 9.93. The average molecular weight is 471 g/mol. The van der Waals surface area contributed by atoms with Gasteiger partial charge in [0.1, 0.15) is 23.7 Å². The van der Waals surface area contributed by atoms with Crippen LogP contribution in [-0.2, 0) is 6.61 Å². The zero-order valence-electron chi connectivity index (χ0n) is 18.0. The molecule has 174 valence electrons. The zero-order valence-corrected chi connectivity index (χ0v) is 18.0. The average Bonchev–Trinajstić information content (AvgIpc) is 2.84. The first-order valence-corrected chi connectivity index (χ1v) is 10.4. The van der Waals surface area contributed by atoms with E-state index in [2.05, 4.69) is 0 Å². The molecule has 3 aromatic carbocycles. The Balaban J connectivity index is 1.55. The van der Waals surface area contributed by atoms with Crippen molar-refractivity contribution in [1.82, 2.24) is 0 Å². The number of nitrogens with zero attached hydrogens (tertiary/aromatic N) is 1. The smallest absolute Gasteiger partial charge is 0.269 e. The van der Waals surface area contributed by atoms with Crippen LogP contribution in [0.5, 0.6) is 23.0 Å². The number of rotatable bonds is 5. The predicted molar refractivity (Wildman–Crippen MR) is 127 cm³/mol. The number of fused-ring (bicyclic) bond motifs is 2. The van der Waals surface area contributed by atoms with E-state index in [1.54, 1.807) is 36.4 Å². The number of ether oxygens (including phenoxy) is 1. The number of nitro groups is 1. The molecule has 0 spiro atoms. The number of phenols is 3. The summed E-state index contributed by atoms with van der Waals surface area (Å²) in [5, 5.41) is 41.4. The SMILES string of the molecule is O=c1cc2oc3cc(O)c(O)cc3c(-c3ccc(OCc4cccc([N+](=O)[O-])c4)cc3)c-2cc1O. The van der Waals surface area contributed by atoms with Gasteiger partial charge in [0.25, 0.3) is 5.69 Å². The minimum atomic E-state index is -0.612. The van der Waals surface area contributed by atoms with Gasteiger partial charge in [0, 0.05) is 40.8 Å². The van der Waals surface area contributed by atoms with Gasteiger partial charge in [-0.3, -0.25) is 14.9 Å². The quantitative estimate of drug-likeness (QED) is 0.138. The van der Waals surface area contributed by atoms with Crippen molar-refractivity contribution < 1.29 is 29.4 Å². The van der Waals surface area contributed by atoms with Crippen LogP contribution in [0.25, 0.3) is 33.4 Å². The monoisotopic (exact) mass is 471 g/mol. The molecule has 0 unspecified atom stereocenters. The second kappa shape index (κ2) is 8.38. The topological polar surface area (TPSA) is 143 Å². The van der Waals surface area contributed by atoms with Crippen LogP contribution in [0.3, 0.4) is 0 Å². The van der Waals surface area contributed by atoms with Gasteiger partial charge < -0.3 is 24.5 Å². The number of hydrogen-bond acceptors (Lipinski definition) is 8. The van der Waals surface area contributed by atoms with E-state index >= 15 is 0 Å². The van der Waals surface area contributed by atoms with E-state index in [0.29, 0.717) is 33.4 Å². The van der Waals surface area contributed by atoms with Gasteiger partial charge in [0.2, 0.25) is 5.43 Å². The fraction of sp³-hybridized carbons (Fsp3) is 0.0385. The molecule has 0 bridgehead atoms. The molecule has 0 saturated heterocycles. The fourth-order valence-electron chi connectivity index (χ4n) is 3.89. The van der Waals surface area contributed by atoms with Gasteiger partial charge in [-0.1, -0.05) is 24.3 Å². The van der Waals surface area contributed by atoms with E-state index in [9.17, 15) is 30.2 Å². The standard InChI is InChI=1S/C26H17NO8/c28-20-9-18-24(11-22(20)30)35-25-12-23(31)21(29)10-19(25)26(18)15-4-6-17(7-5-15)34-13-14-2-1-3-16(8-14)27(32)33/h1-12,28-30H,13H2. The second-order valence-corrected chi connectivity index (χ2v) is 7.87. The molecule has 1 aliphatic carbocycles. The minimum absolute atomic E-state index is 0.0199. The van der Waals surface area contributed by atoms with E-state index in [-0.39, 0.29) is 35.1 Å². The van der Waals surface area contributed by atoms with Crippen LogP contribution in [0.4, 0.5) is 5.69 Å². The summed E-state index contributed by atoms with van der Waals surface area (Å²) in [6.45, 7) is 0.129. The third-order valence-corrected chi connectivity index (χ3v) is 5.57. The van der Waals surface area contributed by atoms with Crippen molar-refractivity contribution in [3.8, 4) is 45.4 Å². The Bertz CT molecular complexity index is 1620. The van der Waals surface area contributed by atoms with Crippen molar-refractivity contribution >= 4 is 16.7 Å². The molecule has 0 radical (unpaired) electrons. The lowest BCUT2D eigenvalue weighted by Gasteiger charge is -2.16. The number of phenolic OH excluding ortho intramolecular Hbond substituents is 3. The molecular weight excluding hydrogens is 454 g/mol. The van der Waals surface area contributed by atoms with Crippen LogP contribution in [0.1, 0.15) is 5.56 Å². The van der Waals surface area contributed by atoms with Gasteiger partial charge in [0.05, 0.1) is 4.92 Å². The Morgan fingerprint density at radius 3 is 2.37 bits per heavy atom. The first kappa shape index (κ1) is 21.8. The summed E-state index contributed by atoms with van der Waals surface area (Å²) in [4.78, 5) is 22.5. The van der Waals surface area contributed by atoms with Crippen molar-refractivity contribution in [1.29, 1.82) is 0 Å². The van der Waals surface area contributed by atoms with E-state index in [1.807, 2.05) is 0 Å². The maximum absolute atomic E-state index is 12.0. The number of benzene rings is 4. The molecule has 9 nitrogen and oxygen atoms in total. The summed E-state index contributed by atoms with van der Waals surface area (Å²) in [7, 11) is 0. The molecule has 1 aliphatic heterocycles. The second-order valence-electron chi connectivity index (χ2n) is 7.87. The van der Waals surface area contributed by atoms with Crippen molar-refractivity contribution in [2.45, 2.75) is 6.61 Å². The highest BCUT2D eigenvalue weighted by Gasteiger charge is 2.21. The van der Waals surface area contributed by atoms with Crippen LogP contribution >= 0.6 is 0 Å². The molecule has 0 amide bonds. The molecular formula is C26H17NO8. The van der Waals surface area contributed by atoms with Gasteiger partial charge in [-0.15, -0.1) is 0 Å². The number of aromatic hydroxyl groups is 3. The largest absolute Gasteiger partial charge is 0.504 e. The molecule has 2 aliphatic rings. The van der Waals surface area contributed by atoms with E-state index < -0.39 is 16.1 Å². The highest BCUT2D eigenvalue weighted by Crippen LogP contribution is 2.44. The van der Waals surface area contributed by atoms with Crippen molar-refractivity contribution in [3.05, 3.63) is 98.7 Å². The summed E-state index contributed by atoms with van der Waals surface area (Å²) >= 11 is 0. The highest BCUT2D eigenvalue weighted by atomic mass is 16.6.